The molecule has 5 nitrogen and oxygen atoms in total. The zero-order valence-electron chi connectivity index (χ0n) is 5.49. The van der Waals surface area contributed by atoms with E-state index in [2.05, 4.69) is 5.32 Å². The average Bonchev–Trinajstić information content (AvgIpc) is 1.88. The van der Waals surface area contributed by atoms with Crippen molar-refractivity contribution in [3.8, 4) is 0 Å². The van der Waals surface area contributed by atoms with Crippen molar-refractivity contribution in [1.82, 2.24) is 5.32 Å². The van der Waals surface area contributed by atoms with Gasteiger partial charge in [0.25, 0.3) is 6.04 Å². The molecule has 0 spiro atoms. The molecule has 0 aliphatic carbocycles. The topological polar surface area (TPSA) is 75.4 Å². The van der Waals surface area contributed by atoms with E-state index in [9.17, 15) is 10.1 Å². The Balaban J connectivity index is 2.47. The number of hydrogen-bond donors (Lipinski definition) is 2. The van der Waals surface area contributed by atoms with Crippen molar-refractivity contribution >= 4 is 0 Å². The molecule has 2 atom stereocenters. The quantitative estimate of drug-likeness (QED) is 0.380. The second-order valence-electron chi connectivity index (χ2n) is 2.39. The summed E-state index contributed by atoms with van der Waals surface area (Å²) >= 11 is 0. The summed E-state index contributed by atoms with van der Waals surface area (Å²) in [6.45, 7) is 0.672. The summed E-state index contributed by atoms with van der Waals surface area (Å²) < 4.78 is 0. The predicted octanol–water partition coefficient (Wildman–Crippen LogP) is -0.667. The van der Waals surface area contributed by atoms with Crippen LogP contribution in [0.5, 0.6) is 0 Å². The Labute approximate surface area is 58.2 Å². The fraction of sp³-hybridized carbons (Fsp3) is 1.00. The van der Waals surface area contributed by atoms with Gasteiger partial charge in [0.05, 0.1) is 0 Å². The molecule has 0 radical (unpaired) electrons. The highest BCUT2D eigenvalue weighted by molar-refractivity contribution is 4.71. The van der Waals surface area contributed by atoms with Crippen LogP contribution < -0.4 is 5.32 Å². The monoisotopic (exact) mass is 146 g/mol. The van der Waals surface area contributed by atoms with E-state index in [1.54, 1.807) is 0 Å². The van der Waals surface area contributed by atoms with Gasteiger partial charge in [0.1, 0.15) is 0 Å². The number of aliphatic hydroxyl groups excluding tert-OH is 1. The minimum absolute atomic E-state index is 0.434. The van der Waals surface area contributed by atoms with Crippen LogP contribution in [0.2, 0.25) is 0 Å². The van der Waals surface area contributed by atoms with E-state index in [1.807, 2.05) is 0 Å². The molecule has 10 heavy (non-hydrogen) atoms. The van der Waals surface area contributed by atoms with E-state index < -0.39 is 17.2 Å². The first kappa shape index (κ1) is 7.43. The van der Waals surface area contributed by atoms with Gasteiger partial charge in [-0.3, -0.25) is 15.4 Å². The van der Waals surface area contributed by atoms with Crippen LogP contribution in [0.25, 0.3) is 0 Å². The number of rotatable bonds is 1. The van der Waals surface area contributed by atoms with Crippen LogP contribution in [0.4, 0.5) is 0 Å². The van der Waals surface area contributed by atoms with Crippen LogP contribution in [0, 0.1) is 10.1 Å². The number of nitrogens with one attached hydrogen (secondary N) is 1. The number of piperidine rings is 1. The van der Waals surface area contributed by atoms with E-state index in [-0.39, 0.29) is 0 Å². The van der Waals surface area contributed by atoms with Gasteiger partial charge < -0.3 is 5.11 Å². The van der Waals surface area contributed by atoms with Crippen molar-refractivity contribution < 1.29 is 10.0 Å². The molecular weight excluding hydrogens is 136 g/mol. The maximum Gasteiger partial charge on any atom is 0.251 e. The highest BCUT2D eigenvalue weighted by atomic mass is 16.6. The third kappa shape index (κ3) is 1.43. The second kappa shape index (κ2) is 2.94. The van der Waals surface area contributed by atoms with Crippen molar-refractivity contribution in [3.05, 3.63) is 10.1 Å². The van der Waals surface area contributed by atoms with Gasteiger partial charge in [-0.15, -0.1) is 0 Å². The fourth-order valence-electron chi connectivity index (χ4n) is 1.08. The van der Waals surface area contributed by atoms with E-state index in [0.29, 0.717) is 13.0 Å². The average molecular weight is 146 g/mol. The summed E-state index contributed by atoms with van der Waals surface area (Å²) in [6, 6.07) is -0.811. The molecule has 1 fully saturated rings. The highest BCUT2D eigenvalue weighted by Crippen LogP contribution is 2.08. The molecule has 58 valence electrons. The standard InChI is InChI=1S/C5H10N2O3/c8-5-4(7(9)10)2-1-3-6-5/h4-6,8H,1-3H2. The first-order valence-electron chi connectivity index (χ1n) is 3.27. The number of hydrogen-bond acceptors (Lipinski definition) is 4. The molecular formula is C5H10N2O3. The first-order chi connectivity index (χ1) is 4.72. The summed E-state index contributed by atoms with van der Waals surface area (Å²) in [4.78, 5) is 9.74. The Bertz CT molecular complexity index is 139. The Morgan fingerprint density at radius 2 is 2.40 bits per heavy atom. The number of aliphatic hydroxyl groups is 1. The smallest absolute Gasteiger partial charge is 0.251 e. The molecule has 2 N–H and O–H groups in total. The number of nitrogens with zero attached hydrogens (tertiary/aromatic N) is 1. The minimum Gasteiger partial charge on any atom is -0.372 e. The molecule has 1 rings (SSSR count). The SMILES string of the molecule is O=[N+]([O-])C1CCCNC1O. The van der Waals surface area contributed by atoms with Gasteiger partial charge in [-0.1, -0.05) is 0 Å². The molecule has 1 saturated heterocycles. The molecule has 1 aliphatic rings. The van der Waals surface area contributed by atoms with E-state index in [0.717, 1.165) is 6.42 Å². The lowest BCUT2D eigenvalue weighted by atomic mass is 10.1. The van der Waals surface area contributed by atoms with Crippen LogP contribution in [0.1, 0.15) is 12.8 Å². The van der Waals surface area contributed by atoms with Gasteiger partial charge in [0, 0.05) is 11.3 Å². The summed E-state index contributed by atoms with van der Waals surface area (Å²) in [5, 5.41) is 21.8. The molecule has 1 heterocycles. The molecule has 1 aliphatic heterocycles. The fourth-order valence-corrected chi connectivity index (χ4v) is 1.08. The zero-order valence-corrected chi connectivity index (χ0v) is 5.49. The van der Waals surface area contributed by atoms with Crippen molar-refractivity contribution in [3.63, 3.8) is 0 Å². The molecule has 0 aromatic carbocycles. The lowest BCUT2D eigenvalue weighted by molar-refractivity contribution is -0.539. The van der Waals surface area contributed by atoms with E-state index in [4.69, 9.17) is 5.11 Å². The van der Waals surface area contributed by atoms with Crippen LogP contribution in [0.15, 0.2) is 0 Å². The summed E-state index contributed by atoms with van der Waals surface area (Å²) in [5.41, 5.74) is 0. The van der Waals surface area contributed by atoms with Crippen molar-refractivity contribution in [2.75, 3.05) is 6.54 Å². The number of nitro groups is 1. The van der Waals surface area contributed by atoms with Crippen LogP contribution in [-0.4, -0.2) is 28.8 Å². The maximum atomic E-state index is 10.2. The first-order valence-corrected chi connectivity index (χ1v) is 3.27. The Morgan fingerprint density at radius 1 is 1.70 bits per heavy atom. The van der Waals surface area contributed by atoms with Crippen molar-refractivity contribution in [2.45, 2.75) is 25.1 Å². The molecule has 5 heteroatoms. The maximum absolute atomic E-state index is 10.2. The molecule has 0 bridgehead atoms. The molecule has 0 aromatic heterocycles. The van der Waals surface area contributed by atoms with E-state index >= 15 is 0 Å². The van der Waals surface area contributed by atoms with Gasteiger partial charge in [-0.05, 0) is 13.0 Å². The van der Waals surface area contributed by atoms with Crippen LogP contribution in [-0.2, 0) is 0 Å². The normalized spacial score (nSPS) is 33.7. The zero-order chi connectivity index (χ0) is 7.56. The largest absolute Gasteiger partial charge is 0.372 e. The Kier molecular flexibility index (Phi) is 2.18. The van der Waals surface area contributed by atoms with E-state index in [1.165, 1.54) is 0 Å². The van der Waals surface area contributed by atoms with Crippen LogP contribution >= 0.6 is 0 Å². The molecule has 2 unspecified atom stereocenters. The second-order valence-corrected chi connectivity index (χ2v) is 2.39. The predicted molar refractivity (Wildman–Crippen MR) is 34.0 cm³/mol. The Morgan fingerprint density at radius 3 is 2.80 bits per heavy atom. The summed E-state index contributed by atoms with van der Waals surface area (Å²) in [7, 11) is 0. The van der Waals surface area contributed by atoms with Gasteiger partial charge in [0.2, 0.25) is 0 Å². The Hall–Kier alpha value is -0.680. The van der Waals surface area contributed by atoms with Crippen LogP contribution in [0.3, 0.4) is 0 Å². The third-order valence-electron chi connectivity index (χ3n) is 1.67. The van der Waals surface area contributed by atoms with Gasteiger partial charge in [0.15, 0.2) is 6.23 Å². The summed E-state index contributed by atoms with van der Waals surface area (Å²) in [6.07, 6.45) is 0.285. The lowest BCUT2D eigenvalue weighted by Crippen LogP contribution is -2.48. The molecule has 0 saturated carbocycles. The molecule has 0 aromatic rings. The van der Waals surface area contributed by atoms with Gasteiger partial charge in [-0.25, -0.2) is 0 Å². The summed E-state index contributed by atoms with van der Waals surface area (Å²) in [5.74, 6) is 0. The lowest BCUT2D eigenvalue weighted by Gasteiger charge is -2.21. The van der Waals surface area contributed by atoms with Crippen molar-refractivity contribution in [1.29, 1.82) is 0 Å². The van der Waals surface area contributed by atoms with Gasteiger partial charge >= 0.3 is 0 Å². The molecule has 0 amide bonds. The van der Waals surface area contributed by atoms with Gasteiger partial charge in [-0.2, -0.15) is 0 Å². The minimum atomic E-state index is -0.955. The van der Waals surface area contributed by atoms with Crippen molar-refractivity contribution in [2.24, 2.45) is 0 Å². The third-order valence-corrected chi connectivity index (χ3v) is 1.67. The highest BCUT2D eigenvalue weighted by Gasteiger charge is 2.31.